The summed E-state index contributed by atoms with van der Waals surface area (Å²) in [6.07, 6.45) is 7.64. The van der Waals surface area contributed by atoms with Gasteiger partial charge in [-0.1, -0.05) is 31.9 Å². The van der Waals surface area contributed by atoms with Crippen LogP contribution in [0.2, 0.25) is 0 Å². The predicted molar refractivity (Wildman–Crippen MR) is 166 cm³/mol. The zero-order valence-corrected chi connectivity index (χ0v) is 31.3. The smallest absolute Gasteiger partial charge is 0.460 e. The first kappa shape index (κ1) is 40.0. The van der Waals surface area contributed by atoms with Crippen LogP contribution in [0.15, 0.2) is 0 Å². The van der Waals surface area contributed by atoms with Gasteiger partial charge >= 0.3 is 36.0 Å². The van der Waals surface area contributed by atoms with Gasteiger partial charge in [0.2, 0.25) is 5.24 Å². The van der Waals surface area contributed by atoms with Gasteiger partial charge in [0, 0.05) is 22.6 Å². The number of ether oxygens (including phenoxy) is 2. The third-order valence-corrected chi connectivity index (χ3v) is 12.2. The van der Waals surface area contributed by atoms with Gasteiger partial charge < -0.3 is 16.9 Å². The van der Waals surface area contributed by atoms with Crippen molar-refractivity contribution < 1.29 is 47.5 Å². The minimum absolute atomic E-state index is 0. The van der Waals surface area contributed by atoms with Crippen LogP contribution < -0.4 is 18.9 Å². The molecular formula is C28H39Br2Cl4LiO6. The molecular weight excluding hydrogens is 741 g/mol. The molecule has 7 rings (SSSR count). The molecule has 41 heavy (non-hydrogen) atoms. The predicted octanol–water partition coefficient (Wildman–Crippen LogP) is 5.32. The van der Waals surface area contributed by atoms with Crippen LogP contribution in [0.5, 0.6) is 0 Å². The van der Waals surface area contributed by atoms with E-state index in [0.29, 0.717) is 31.0 Å². The van der Waals surface area contributed by atoms with Crippen LogP contribution in [0, 0.1) is 34.5 Å². The van der Waals surface area contributed by atoms with Crippen molar-refractivity contribution in [1.82, 2.24) is 0 Å². The van der Waals surface area contributed by atoms with E-state index >= 15 is 0 Å². The van der Waals surface area contributed by atoms with E-state index < -0.39 is 33.2 Å². The summed E-state index contributed by atoms with van der Waals surface area (Å²) in [5.41, 5.74) is 0.332. The number of carbonyl (C=O) groups is 4. The molecule has 0 N–H and O–H groups in total. The van der Waals surface area contributed by atoms with E-state index in [1.165, 1.54) is 0 Å². The van der Waals surface area contributed by atoms with Gasteiger partial charge in [-0.2, -0.15) is 0 Å². The maximum atomic E-state index is 11.8. The summed E-state index contributed by atoms with van der Waals surface area (Å²) in [5.74, 6) is 0.0592. The minimum atomic E-state index is -1.09. The molecule has 0 unspecified atom stereocenters. The first-order valence-electron chi connectivity index (χ1n) is 12.8. The van der Waals surface area contributed by atoms with E-state index in [4.69, 9.17) is 51.1 Å². The van der Waals surface area contributed by atoms with Gasteiger partial charge in [0.05, 0.1) is 8.65 Å². The van der Waals surface area contributed by atoms with E-state index in [0.717, 1.165) is 17.3 Å². The van der Waals surface area contributed by atoms with Gasteiger partial charge in [-0.25, -0.2) is 4.79 Å². The van der Waals surface area contributed by atoms with E-state index in [9.17, 15) is 19.2 Å². The summed E-state index contributed by atoms with van der Waals surface area (Å²) in [7, 11) is 0. The van der Waals surface area contributed by atoms with Crippen LogP contribution in [-0.2, 0) is 28.7 Å². The molecule has 6 nitrogen and oxygen atoms in total. The molecule has 13 heteroatoms. The van der Waals surface area contributed by atoms with Crippen LogP contribution in [-0.4, -0.2) is 48.6 Å². The largest absolute Gasteiger partial charge is 1.00 e. The van der Waals surface area contributed by atoms with Crippen molar-refractivity contribution in [1.29, 1.82) is 0 Å². The molecule has 230 valence electrons. The van der Waals surface area contributed by atoms with Crippen molar-refractivity contribution in [2.45, 2.75) is 101 Å². The summed E-state index contributed by atoms with van der Waals surface area (Å²) < 4.78 is 9.92. The average molecular weight is 780 g/mol. The van der Waals surface area contributed by atoms with Gasteiger partial charge in [0.15, 0.2) is 0 Å². The minimum Gasteiger partial charge on any atom is -0.460 e. The molecule has 0 radical (unpaired) electrons. The molecule has 0 aliphatic heterocycles. The summed E-state index contributed by atoms with van der Waals surface area (Å²) in [6, 6.07) is 0. The molecule has 0 heterocycles. The zero-order chi connectivity index (χ0) is 30.1. The normalized spacial score (nSPS) is 33.7. The van der Waals surface area contributed by atoms with Gasteiger partial charge in [-0.05, 0) is 121 Å². The Morgan fingerprint density at radius 2 is 1.05 bits per heavy atom. The summed E-state index contributed by atoms with van der Waals surface area (Å²) in [4.78, 5) is 43.4. The molecule has 0 atom stereocenters. The first-order chi connectivity index (χ1) is 17.5. The molecule has 0 amide bonds. The Hall–Kier alpha value is 0.997. The van der Waals surface area contributed by atoms with Crippen LogP contribution in [0.25, 0.3) is 0 Å². The second kappa shape index (κ2) is 12.7. The summed E-state index contributed by atoms with van der Waals surface area (Å²) in [6.45, 7) is 10.5. The molecule has 0 aromatic carbocycles. The number of esters is 2. The standard InChI is InChI=1S/C11H15ClO3.C6H9ClO3.C5H6Br2Cl2.C5H6.CH3.Li/c1-9(2,3)15-8(14)11-4-10(5-11,6-11)7(12)13;1-6(2,3)10-5(9)4(7)8;6-5(7)1-4(5,2-8)3-9;1-4-2-5(1,4)3-4;;/h4-6H2,1-3H3;1-3H3;1-3H2;1-3H2;1H3;/q;;;;-1;+1. The Labute approximate surface area is 293 Å². The number of halogens is 6. The summed E-state index contributed by atoms with van der Waals surface area (Å²) >= 11 is 28.6. The van der Waals surface area contributed by atoms with Crippen LogP contribution in [0.3, 0.4) is 0 Å². The van der Waals surface area contributed by atoms with Crippen molar-refractivity contribution in [3.8, 4) is 0 Å². The van der Waals surface area contributed by atoms with Gasteiger partial charge in [-0.15, -0.1) is 23.2 Å². The number of alkyl halides is 4. The quantitative estimate of drug-likeness (QED) is 0.0939. The molecule has 7 aliphatic rings. The van der Waals surface area contributed by atoms with Crippen molar-refractivity contribution >= 4 is 101 Å². The molecule has 0 saturated heterocycles. The second-order valence-electron chi connectivity index (χ2n) is 14.2. The number of carbonyl (C=O) groups excluding carboxylic acids is 4. The number of hydrogen-bond acceptors (Lipinski definition) is 6. The topological polar surface area (TPSA) is 86.7 Å². The van der Waals surface area contributed by atoms with Crippen LogP contribution in [0.4, 0.5) is 0 Å². The third-order valence-electron chi connectivity index (χ3n) is 8.34. The van der Waals surface area contributed by atoms with E-state index in [1.54, 1.807) is 40.0 Å². The monoisotopic (exact) mass is 776 g/mol. The SMILES string of the molecule is C1C23CC12C3.CC(C)(C)OC(=O)C(=O)Cl.CC(C)(C)OC(=O)C12CC(C(=O)Cl)(C1)C2.ClCC1(CCl)CC1(Br)Br.[CH3-].[Li+]. The molecule has 2 bridgehead atoms. The van der Waals surface area contributed by atoms with Crippen molar-refractivity contribution in [3.05, 3.63) is 7.43 Å². The Bertz CT molecular complexity index is 1010. The van der Waals surface area contributed by atoms with E-state index in [2.05, 4.69) is 36.6 Å². The Morgan fingerprint density at radius 3 is 1.20 bits per heavy atom. The Kier molecular flexibility index (Phi) is 12.4. The van der Waals surface area contributed by atoms with Crippen molar-refractivity contribution in [2.24, 2.45) is 27.1 Å². The second-order valence-corrected chi connectivity index (χ2v) is 19.2. The zero-order valence-electron chi connectivity index (χ0n) is 25.1. The molecule has 7 saturated carbocycles. The molecule has 7 fully saturated rings. The van der Waals surface area contributed by atoms with E-state index in [-0.39, 0.29) is 46.1 Å². The fourth-order valence-electron chi connectivity index (χ4n) is 5.28. The fraction of sp³-hybridized carbons (Fsp3) is 0.821. The van der Waals surface area contributed by atoms with E-state index in [1.807, 2.05) is 20.8 Å². The maximum Gasteiger partial charge on any atom is 1.00 e. The number of hydrogen-bond donors (Lipinski definition) is 0. The van der Waals surface area contributed by atoms with Crippen molar-refractivity contribution in [2.75, 3.05) is 11.8 Å². The molecule has 0 aromatic heterocycles. The van der Waals surface area contributed by atoms with Gasteiger partial charge in [0.1, 0.15) is 11.2 Å². The molecule has 0 aromatic rings. The average Bonchev–Trinajstić information content (AvgIpc) is 3.53. The third kappa shape index (κ3) is 8.63. The van der Waals surface area contributed by atoms with Gasteiger partial charge in [-0.3, -0.25) is 14.4 Å². The maximum absolute atomic E-state index is 11.8. The molecule has 7 aliphatic carbocycles. The summed E-state index contributed by atoms with van der Waals surface area (Å²) in [5, 5.41) is -1.39. The van der Waals surface area contributed by atoms with Crippen LogP contribution >= 0.6 is 78.3 Å². The number of rotatable bonds is 5. The van der Waals surface area contributed by atoms with Crippen molar-refractivity contribution in [3.63, 3.8) is 0 Å². The molecule has 0 spiro atoms. The Morgan fingerprint density at radius 1 is 0.707 bits per heavy atom. The first-order valence-corrected chi connectivity index (χ1v) is 16.2. The van der Waals surface area contributed by atoms with Crippen LogP contribution in [0.1, 0.15) is 86.5 Å². The Balaban J connectivity index is 0.000000283. The van der Waals surface area contributed by atoms with Gasteiger partial charge in [0.25, 0.3) is 0 Å². The fourth-order valence-corrected chi connectivity index (χ4v) is 8.73.